The summed E-state index contributed by atoms with van der Waals surface area (Å²) in [5.74, 6) is -0.490. The minimum absolute atomic E-state index is 0. The number of phenolic OH excluding ortho intramolecular Hbond substituents is 2. The van der Waals surface area contributed by atoms with Crippen molar-refractivity contribution in [3.63, 3.8) is 0 Å². The molecule has 0 aliphatic rings. The number of nitrogens with zero attached hydrogens (tertiary/aromatic N) is 4. The van der Waals surface area contributed by atoms with E-state index in [-0.39, 0.29) is 29.5 Å². The van der Waals surface area contributed by atoms with Gasteiger partial charge in [0.1, 0.15) is 12.6 Å². The molecule has 0 aliphatic heterocycles. The SMILES string of the molecule is Cn1c(=O)c2c(ncn2CCC[NH2+]CC(O)c2ccc(O)c(O)c2)n(C)c1=O.[Cl-]. The number of fused-ring (bicyclic) bond motifs is 1. The number of phenols is 2. The lowest BCUT2D eigenvalue weighted by Gasteiger charge is -2.11. The van der Waals surface area contributed by atoms with E-state index in [0.717, 1.165) is 11.0 Å². The molecule has 2 heterocycles. The molecule has 0 aliphatic carbocycles. The molecule has 2 aromatic heterocycles. The van der Waals surface area contributed by atoms with Crippen molar-refractivity contribution in [2.75, 3.05) is 13.1 Å². The average Bonchev–Trinajstić information content (AvgIpc) is 3.10. The number of quaternary nitrogens is 1. The van der Waals surface area contributed by atoms with Crippen LogP contribution in [-0.4, -0.2) is 47.1 Å². The van der Waals surface area contributed by atoms with Gasteiger partial charge in [-0.1, -0.05) is 6.07 Å². The van der Waals surface area contributed by atoms with Crippen LogP contribution in [0, 0.1) is 0 Å². The molecular formula is C18H24ClN5O5. The molecule has 29 heavy (non-hydrogen) atoms. The van der Waals surface area contributed by atoms with Crippen molar-refractivity contribution in [2.45, 2.75) is 19.1 Å². The van der Waals surface area contributed by atoms with Crippen LogP contribution < -0.4 is 29.0 Å². The highest BCUT2D eigenvalue weighted by Crippen LogP contribution is 2.27. The van der Waals surface area contributed by atoms with Crippen molar-refractivity contribution < 1.29 is 33.0 Å². The number of aromatic hydroxyl groups is 2. The number of benzene rings is 1. The Labute approximate surface area is 172 Å². The predicted octanol–water partition coefficient (Wildman–Crippen LogP) is -4.46. The number of rotatable bonds is 7. The maximum absolute atomic E-state index is 12.4. The number of hydrogen-bond donors (Lipinski definition) is 4. The van der Waals surface area contributed by atoms with Crippen LogP contribution >= 0.6 is 0 Å². The van der Waals surface area contributed by atoms with Gasteiger partial charge in [-0.05, 0) is 17.7 Å². The van der Waals surface area contributed by atoms with Crippen LogP contribution in [0.15, 0.2) is 34.1 Å². The summed E-state index contributed by atoms with van der Waals surface area (Å²) >= 11 is 0. The summed E-state index contributed by atoms with van der Waals surface area (Å²) in [6, 6.07) is 4.24. The van der Waals surface area contributed by atoms with E-state index >= 15 is 0 Å². The molecule has 3 rings (SSSR count). The standard InChI is InChI=1S/C18H23N5O5.ClH/c1-21-16-15(17(27)22(2)18(21)28)23(10-20-16)7-3-6-19-9-14(26)11-4-5-12(24)13(25)8-11;/h4-5,8,10,14,19,24-26H,3,6-7,9H2,1-2H3;1H. The second-order valence-corrected chi connectivity index (χ2v) is 6.75. The van der Waals surface area contributed by atoms with Crippen LogP contribution in [0.2, 0.25) is 0 Å². The van der Waals surface area contributed by atoms with Gasteiger partial charge in [-0.15, -0.1) is 0 Å². The molecule has 158 valence electrons. The molecule has 0 bridgehead atoms. The van der Waals surface area contributed by atoms with Crippen LogP contribution in [0.1, 0.15) is 18.1 Å². The summed E-state index contributed by atoms with van der Waals surface area (Å²) in [5.41, 5.74) is 0.493. The normalized spacial score (nSPS) is 12.1. The molecule has 0 saturated heterocycles. The second kappa shape index (κ2) is 9.12. The van der Waals surface area contributed by atoms with Crippen LogP contribution in [-0.2, 0) is 20.6 Å². The first kappa shape index (κ1) is 22.5. The lowest BCUT2D eigenvalue weighted by Crippen LogP contribution is -3.00. The first-order valence-corrected chi connectivity index (χ1v) is 8.93. The van der Waals surface area contributed by atoms with E-state index in [9.17, 15) is 24.9 Å². The number of aliphatic hydroxyl groups excluding tert-OH is 1. The zero-order valence-corrected chi connectivity index (χ0v) is 16.9. The molecular weight excluding hydrogens is 402 g/mol. The number of aryl methyl sites for hydroxylation is 2. The smallest absolute Gasteiger partial charge is 0.332 e. The topological polar surface area (TPSA) is 139 Å². The minimum Gasteiger partial charge on any atom is -1.00 e. The molecule has 11 heteroatoms. The van der Waals surface area contributed by atoms with Crippen molar-refractivity contribution in [1.29, 1.82) is 0 Å². The van der Waals surface area contributed by atoms with Gasteiger partial charge in [-0.25, -0.2) is 9.78 Å². The van der Waals surface area contributed by atoms with Crippen LogP contribution in [0.5, 0.6) is 11.5 Å². The van der Waals surface area contributed by atoms with E-state index in [0.29, 0.717) is 36.4 Å². The molecule has 1 atom stereocenters. The maximum Gasteiger partial charge on any atom is 0.332 e. The van der Waals surface area contributed by atoms with Gasteiger partial charge >= 0.3 is 5.69 Å². The highest BCUT2D eigenvalue weighted by Gasteiger charge is 2.15. The Morgan fingerprint density at radius 1 is 1.14 bits per heavy atom. The Balaban J connectivity index is 0.00000300. The number of hydrogen-bond acceptors (Lipinski definition) is 6. The fraction of sp³-hybridized carbons (Fsp3) is 0.389. The van der Waals surface area contributed by atoms with E-state index < -0.39 is 11.8 Å². The zero-order valence-electron chi connectivity index (χ0n) is 16.1. The minimum atomic E-state index is -0.776. The number of halogens is 1. The summed E-state index contributed by atoms with van der Waals surface area (Å²) in [6.45, 7) is 1.65. The Morgan fingerprint density at radius 2 is 1.86 bits per heavy atom. The number of imidazole rings is 1. The molecule has 5 N–H and O–H groups in total. The average molecular weight is 426 g/mol. The van der Waals surface area contributed by atoms with Gasteiger partial charge in [-0.2, -0.15) is 0 Å². The van der Waals surface area contributed by atoms with E-state index in [4.69, 9.17) is 0 Å². The van der Waals surface area contributed by atoms with Crippen molar-refractivity contribution in [3.8, 4) is 11.5 Å². The summed E-state index contributed by atoms with van der Waals surface area (Å²) in [6.07, 6.45) is 1.51. The Hall–Kier alpha value is -2.82. The van der Waals surface area contributed by atoms with E-state index in [1.807, 2.05) is 5.32 Å². The Kier molecular flexibility index (Phi) is 7.07. The molecule has 0 radical (unpaired) electrons. The van der Waals surface area contributed by atoms with Gasteiger partial charge in [0, 0.05) is 27.1 Å². The van der Waals surface area contributed by atoms with Crippen LogP contribution in [0.4, 0.5) is 0 Å². The van der Waals surface area contributed by atoms with Gasteiger partial charge in [0.15, 0.2) is 22.7 Å². The lowest BCUT2D eigenvalue weighted by molar-refractivity contribution is -0.662. The first-order chi connectivity index (χ1) is 13.3. The lowest BCUT2D eigenvalue weighted by atomic mass is 10.1. The van der Waals surface area contributed by atoms with Gasteiger partial charge in [0.2, 0.25) is 0 Å². The van der Waals surface area contributed by atoms with Gasteiger partial charge in [0.25, 0.3) is 5.56 Å². The van der Waals surface area contributed by atoms with Gasteiger partial charge < -0.3 is 37.6 Å². The van der Waals surface area contributed by atoms with Gasteiger partial charge in [0.05, 0.1) is 12.9 Å². The number of nitrogens with two attached hydrogens (primary N) is 1. The summed E-state index contributed by atoms with van der Waals surface area (Å²) in [7, 11) is 3.02. The van der Waals surface area contributed by atoms with Gasteiger partial charge in [-0.3, -0.25) is 13.9 Å². The summed E-state index contributed by atoms with van der Waals surface area (Å²) in [4.78, 5) is 28.5. The molecule has 10 nitrogen and oxygen atoms in total. The molecule has 3 aromatic rings. The molecule has 0 saturated carbocycles. The number of aliphatic hydroxyl groups is 1. The predicted molar refractivity (Wildman–Crippen MR) is 101 cm³/mol. The zero-order chi connectivity index (χ0) is 20.4. The van der Waals surface area contributed by atoms with Crippen LogP contribution in [0.3, 0.4) is 0 Å². The largest absolute Gasteiger partial charge is 1.00 e. The Morgan fingerprint density at radius 3 is 2.55 bits per heavy atom. The summed E-state index contributed by atoms with van der Waals surface area (Å²) < 4.78 is 4.15. The third-order valence-electron chi connectivity index (χ3n) is 4.80. The quantitative estimate of drug-likeness (QED) is 0.222. The van der Waals surface area contributed by atoms with Crippen molar-refractivity contribution in [3.05, 3.63) is 50.9 Å². The van der Waals surface area contributed by atoms with E-state index in [1.54, 1.807) is 24.0 Å². The fourth-order valence-corrected chi connectivity index (χ4v) is 3.13. The highest BCUT2D eigenvalue weighted by atomic mass is 35.5. The second-order valence-electron chi connectivity index (χ2n) is 6.75. The van der Waals surface area contributed by atoms with Crippen molar-refractivity contribution in [2.24, 2.45) is 14.1 Å². The third-order valence-corrected chi connectivity index (χ3v) is 4.80. The molecule has 0 spiro atoms. The molecule has 1 unspecified atom stereocenters. The number of aromatic nitrogens is 4. The summed E-state index contributed by atoms with van der Waals surface area (Å²) in [5, 5.41) is 30.9. The Bertz CT molecular complexity index is 1120. The molecule has 1 aromatic carbocycles. The van der Waals surface area contributed by atoms with Crippen molar-refractivity contribution in [1.82, 2.24) is 18.7 Å². The monoisotopic (exact) mass is 425 g/mol. The van der Waals surface area contributed by atoms with E-state index in [1.165, 1.54) is 23.7 Å². The maximum atomic E-state index is 12.4. The van der Waals surface area contributed by atoms with Crippen molar-refractivity contribution >= 4 is 11.2 Å². The third kappa shape index (κ3) is 4.44. The molecule has 0 amide bonds. The highest BCUT2D eigenvalue weighted by molar-refractivity contribution is 5.69. The first-order valence-electron chi connectivity index (χ1n) is 8.93. The molecule has 0 fully saturated rings. The van der Waals surface area contributed by atoms with E-state index in [2.05, 4.69) is 4.98 Å². The van der Waals surface area contributed by atoms with Crippen LogP contribution in [0.25, 0.3) is 11.2 Å². The fourth-order valence-electron chi connectivity index (χ4n) is 3.13.